The number of carbonyl (C=O) groups is 1. The normalized spacial score (nSPS) is 12.9. The van der Waals surface area contributed by atoms with Gasteiger partial charge in [-0.2, -0.15) is 5.10 Å². The van der Waals surface area contributed by atoms with Gasteiger partial charge in [0.25, 0.3) is 0 Å². The molecule has 0 saturated carbocycles. The number of aromatic amines is 1. The van der Waals surface area contributed by atoms with E-state index in [2.05, 4.69) is 4.98 Å². The third-order valence-electron chi connectivity index (χ3n) is 5.71. The van der Waals surface area contributed by atoms with Crippen LogP contribution >= 0.6 is 0 Å². The third kappa shape index (κ3) is 3.84. The zero-order chi connectivity index (χ0) is 24.0. The van der Waals surface area contributed by atoms with Crippen LogP contribution < -0.4 is 0 Å². The maximum atomic E-state index is 12.5. The highest BCUT2D eigenvalue weighted by atomic mass is 16.5. The van der Waals surface area contributed by atoms with Crippen molar-refractivity contribution in [2.24, 2.45) is 0 Å². The number of nitrogens with one attached hydrogen (secondary N) is 1. The molecule has 5 aromatic rings. The number of benzene rings is 2. The quantitative estimate of drug-likeness (QED) is 0.350. The molecule has 7 heteroatoms. The number of carboxylic acid groups (broad SMARTS) is 1. The number of aryl methyl sites for hydroxylation is 1. The Kier molecular flexibility index (Phi) is 5.21. The van der Waals surface area contributed by atoms with E-state index in [1.807, 2.05) is 94.6 Å². The lowest BCUT2D eigenvalue weighted by Gasteiger charge is -2.27. The van der Waals surface area contributed by atoms with Crippen molar-refractivity contribution >= 4 is 22.5 Å². The predicted molar refractivity (Wildman–Crippen MR) is 132 cm³/mol. The van der Waals surface area contributed by atoms with Gasteiger partial charge in [0.15, 0.2) is 11.8 Å². The fourth-order valence-electron chi connectivity index (χ4n) is 4.33. The van der Waals surface area contributed by atoms with Crippen molar-refractivity contribution in [3.63, 3.8) is 0 Å². The number of ether oxygens (including phenoxy) is 1. The molecule has 0 spiro atoms. The van der Waals surface area contributed by atoms with Crippen molar-refractivity contribution in [3.8, 4) is 22.5 Å². The number of rotatable bonds is 5. The summed E-state index contributed by atoms with van der Waals surface area (Å²) in [6, 6.07) is 19.7. The molecule has 0 bridgehead atoms. The number of hydrogen-bond acceptors (Lipinski definition) is 4. The van der Waals surface area contributed by atoms with E-state index in [1.54, 1.807) is 4.52 Å². The smallest absolute Gasteiger partial charge is 0.337 e. The second kappa shape index (κ2) is 8.11. The summed E-state index contributed by atoms with van der Waals surface area (Å²) in [5.41, 5.74) is 5.23. The molecule has 2 aromatic carbocycles. The number of H-pyrrole nitrogens is 1. The van der Waals surface area contributed by atoms with Gasteiger partial charge in [-0.1, -0.05) is 42.5 Å². The van der Waals surface area contributed by atoms with Crippen LogP contribution in [0.15, 0.2) is 66.9 Å². The average Bonchev–Trinajstić information content (AvgIpc) is 3.43. The Morgan fingerprint density at radius 3 is 2.56 bits per heavy atom. The Bertz CT molecular complexity index is 1510. The van der Waals surface area contributed by atoms with Crippen molar-refractivity contribution in [3.05, 3.63) is 78.1 Å². The SMILES string of the molecule is Cc1nc2cc(-c3ccccc3)nn2c(-c2cccc3[nH]ccc23)c1C(OC(C)(C)C)C(=O)O. The molecule has 0 amide bonds. The summed E-state index contributed by atoms with van der Waals surface area (Å²) in [6.45, 7) is 7.36. The van der Waals surface area contributed by atoms with Crippen molar-refractivity contribution in [1.82, 2.24) is 19.6 Å². The second-order valence-corrected chi connectivity index (χ2v) is 9.32. The van der Waals surface area contributed by atoms with Crippen molar-refractivity contribution in [2.45, 2.75) is 39.4 Å². The molecular weight excluding hydrogens is 428 g/mol. The summed E-state index contributed by atoms with van der Waals surface area (Å²) in [4.78, 5) is 20.5. The Balaban J connectivity index is 1.87. The largest absolute Gasteiger partial charge is 0.479 e. The molecule has 2 N–H and O–H groups in total. The minimum Gasteiger partial charge on any atom is -0.479 e. The summed E-state index contributed by atoms with van der Waals surface area (Å²) < 4.78 is 7.82. The van der Waals surface area contributed by atoms with Crippen LogP contribution in [0.2, 0.25) is 0 Å². The Hall–Kier alpha value is -3.97. The summed E-state index contributed by atoms with van der Waals surface area (Å²) in [6.07, 6.45) is 0.656. The number of nitrogens with zero attached hydrogens (tertiary/aromatic N) is 3. The van der Waals surface area contributed by atoms with E-state index in [1.165, 1.54) is 0 Å². The van der Waals surface area contributed by atoms with Crippen molar-refractivity contribution in [1.29, 1.82) is 0 Å². The van der Waals surface area contributed by atoms with Gasteiger partial charge in [0, 0.05) is 45.6 Å². The highest BCUT2D eigenvalue weighted by Crippen LogP contribution is 2.38. The van der Waals surface area contributed by atoms with Crippen LogP contribution in [0.4, 0.5) is 0 Å². The molecule has 0 aliphatic heterocycles. The van der Waals surface area contributed by atoms with Gasteiger partial charge in [-0.25, -0.2) is 14.3 Å². The fraction of sp³-hybridized carbons (Fsp3) is 0.222. The number of aromatic nitrogens is 4. The first-order valence-electron chi connectivity index (χ1n) is 11.2. The van der Waals surface area contributed by atoms with Gasteiger partial charge in [0.05, 0.1) is 17.0 Å². The van der Waals surface area contributed by atoms with E-state index in [9.17, 15) is 9.90 Å². The van der Waals surface area contributed by atoms with Crippen LogP contribution in [0.5, 0.6) is 0 Å². The molecule has 0 saturated heterocycles. The molecule has 1 unspecified atom stereocenters. The summed E-state index contributed by atoms with van der Waals surface area (Å²) in [7, 11) is 0. The molecule has 0 fully saturated rings. The molecular formula is C27H26N4O3. The highest BCUT2D eigenvalue weighted by molar-refractivity contribution is 5.96. The lowest BCUT2D eigenvalue weighted by Crippen LogP contribution is -2.29. The molecule has 3 heterocycles. The highest BCUT2D eigenvalue weighted by Gasteiger charge is 2.33. The lowest BCUT2D eigenvalue weighted by atomic mass is 9.97. The van der Waals surface area contributed by atoms with Crippen LogP contribution in [0.1, 0.15) is 38.1 Å². The topological polar surface area (TPSA) is 92.5 Å². The van der Waals surface area contributed by atoms with Crippen LogP contribution in [0.3, 0.4) is 0 Å². The van der Waals surface area contributed by atoms with E-state index in [0.29, 0.717) is 22.6 Å². The third-order valence-corrected chi connectivity index (χ3v) is 5.71. The van der Waals surface area contributed by atoms with Gasteiger partial charge >= 0.3 is 5.97 Å². The van der Waals surface area contributed by atoms with Gasteiger partial charge in [-0.05, 0) is 39.8 Å². The summed E-state index contributed by atoms with van der Waals surface area (Å²) >= 11 is 0. The number of carboxylic acids is 1. The van der Waals surface area contributed by atoms with Crippen molar-refractivity contribution in [2.75, 3.05) is 0 Å². The first-order chi connectivity index (χ1) is 16.2. The maximum Gasteiger partial charge on any atom is 0.337 e. The van der Waals surface area contributed by atoms with Gasteiger partial charge in [0.1, 0.15) is 0 Å². The molecule has 0 aliphatic rings. The molecule has 0 aliphatic carbocycles. The van der Waals surface area contributed by atoms with E-state index < -0.39 is 17.7 Å². The summed E-state index contributed by atoms with van der Waals surface area (Å²) in [5.74, 6) is -1.07. The Morgan fingerprint density at radius 2 is 1.85 bits per heavy atom. The van der Waals surface area contributed by atoms with E-state index in [-0.39, 0.29) is 0 Å². The van der Waals surface area contributed by atoms with E-state index >= 15 is 0 Å². The lowest BCUT2D eigenvalue weighted by molar-refractivity contribution is -0.160. The molecule has 34 heavy (non-hydrogen) atoms. The fourth-order valence-corrected chi connectivity index (χ4v) is 4.33. The molecule has 7 nitrogen and oxygen atoms in total. The zero-order valence-electron chi connectivity index (χ0n) is 19.5. The molecule has 1 atom stereocenters. The van der Waals surface area contributed by atoms with Gasteiger partial charge in [-0.3, -0.25) is 0 Å². The van der Waals surface area contributed by atoms with Crippen LogP contribution in [-0.4, -0.2) is 36.3 Å². The molecule has 0 radical (unpaired) electrons. The Labute approximate surface area is 197 Å². The Morgan fingerprint density at radius 1 is 1.09 bits per heavy atom. The van der Waals surface area contributed by atoms with Crippen LogP contribution in [0.25, 0.3) is 39.1 Å². The minimum absolute atomic E-state index is 0.492. The van der Waals surface area contributed by atoms with Crippen LogP contribution in [-0.2, 0) is 9.53 Å². The first kappa shape index (κ1) is 21.9. The van der Waals surface area contributed by atoms with Crippen LogP contribution in [0, 0.1) is 6.92 Å². The average molecular weight is 455 g/mol. The second-order valence-electron chi connectivity index (χ2n) is 9.32. The zero-order valence-corrected chi connectivity index (χ0v) is 19.5. The maximum absolute atomic E-state index is 12.5. The van der Waals surface area contributed by atoms with Crippen molar-refractivity contribution < 1.29 is 14.6 Å². The first-order valence-corrected chi connectivity index (χ1v) is 11.2. The minimum atomic E-state index is -1.22. The molecule has 172 valence electrons. The molecule has 5 rings (SSSR count). The van der Waals surface area contributed by atoms with E-state index in [0.717, 1.165) is 27.7 Å². The number of fused-ring (bicyclic) bond motifs is 2. The van der Waals surface area contributed by atoms with Gasteiger partial charge < -0.3 is 14.8 Å². The van der Waals surface area contributed by atoms with E-state index in [4.69, 9.17) is 14.8 Å². The monoisotopic (exact) mass is 454 g/mol. The predicted octanol–water partition coefficient (Wildman–Crippen LogP) is 5.79. The standard InChI is InChI=1S/C27H26N4O3/c1-16-23(25(26(32)33)34-27(2,3)4)24(19-11-8-12-20-18(19)13-14-28-20)31-22(29-16)15-21(30-31)17-9-6-5-7-10-17/h5-15,25,28H,1-4H3,(H,32,33). The number of aliphatic carboxylic acids is 1. The molecule has 3 aromatic heterocycles. The van der Waals surface area contributed by atoms with Gasteiger partial charge in [0.2, 0.25) is 0 Å². The number of hydrogen-bond donors (Lipinski definition) is 2. The van der Waals surface area contributed by atoms with Gasteiger partial charge in [-0.15, -0.1) is 0 Å². The summed E-state index contributed by atoms with van der Waals surface area (Å²) in [5, 5.41) is 16.1.